The molecule has 3 aromatic carbocycles. The van der Waals surface area contributed by atoms with Gasteiger partial charge in [-0.05, 0) is 50.0 Å². The number of fused-ring (bicyclic) bond motifs is 1. The van der Waals surface area contributed by atoms with Gasteiger partial charge in [0.2, 0.25) is 0 Å². The van der Waals surface area contributed by atoms with E-state index in [1.54, 1.807) is 29.9 Å². The second-order valence-corrected chi connectivity index (χ2v) is 8.13. The van der Waals surface area contributed by atoms with Crippen LogP contribution < -0.4 is 15.8 Å². The molecule has 174 valence electrons. The summed E-state index contributed by atoms with van der Waals surface area (Å²) in [7, 11) is 5.49. The van der Waals surface area contributed by atoms with Gasteiger partial charge in [0, 0.05) is 29.9 Å². The number of nitrogens with zero attached hydrogens (tertiary/aromatic N) is 2. The van der Waals surface area contributed by atoms with Crippen molar-refractivity contribution in [3.63, 3.8) is 0 Å². The molecule has 0 aliphatic heterocycles. The Kier molecular flexibility index (Phi) is 6.94. The smallest absolute Gasteiger partial charge is 0.419 e. The molecule has 1 aromatic heterocycles. The standard InChI is InChI=1S/C27H27N3O4/c1-29(2)15-16-30-23-18-21(13-14-25(23)34-27(30)32)28-26(31)22(19-9-5-4-6-10-19)17-20-11-7-8-12-24(20)33-3/h4-14,17-18H,15-16H2,1-3H3,(H,28,31)/b22-17+. The number of amides is 1. The van der Waals surface area contributed by atoms with Crippen molar-refractivity contribution in [1.82, 2.24) is 9.47 Å². The molecule has 0 unspecified atom stereocenters. The lowest BCUT2D eigenvalue weighted by Crippen LogP contribution is -2.23. The zero-order chi connectivity index (χ0) is 24.1. The number of aromatic nitrogens is 1. The topological polar surface area (TPSA) is 76.7 Å². The number of hydrogen-bond acceptors (Lipinski definition) is 5. The lowest BCUT2D eigenvalue weighted by Gasteiger charge is -2.12. The van der Waals surface area contributed by atoms with Crippen LogP contribution in [-0.4, -0.2) is 43.1 Å². The first-order chi connectivity index (χ1) is 16.5. The van der Waals surface area contributed by atoms with Crippen LogP contribution in [0.25, 0.3) is 22.7 Å². The highest BCUT2D eigenvalue weighted by Gasteiger charge is 2.16. The molecular weight excluding hydrogens is 430 g/mol. The molecule has 0 saturated carbocycles. The minimum Gasteiger partial charge on any atom is -0.496 e. The largest absolute Gasteiger partial charge is 0.496 e. The van der Waals surface area contributed by atoms with Crippen molar-refractivity contribution in [2.45, 2.75) is 6.54 Å². The summed E-state index contributed by atoms with van der Waals surface area (Å²) in [4.78, 5) is 27.7. The predicted octanol–water partition coefficient (Wildman–Crippen LogP) is 4.34. The fourth-order valence-corrected chi connectivity index (χ4v) is 3.69. The van der Waals surface area contributed by atoms with Gasteiger partial charge in [-0.2, -0.15) is 0 Å². The zero-order valence-electron chi connectivity index (χ0n) is 19.4. The van der Waals surface area contributed by atoms with Crippen molar-refractivity contribution in [3.05, 3.63) is 94.5 Å². The number of anilines is 1. The van der Waals surface area contributed by atoms with Crippen molar-refractivity contribution < 1.29 is 13.9 Å². The molecule has 1 amide bonds. The number of hydrogen-bond donors (Lipinski definition) is 1. The highest BCUT2D eigenvalue weighted by molar-refractivity contribution is 6.29. The molecule has 4 aromatic rings. The van der Waals surface area contributed by atoms with Gasteiger partial charge in [0.25, 0.3) is 5.91 Å². The molecule has 0 fully saturated rings. The first-order valence-corrected chi connectivity index (χ1v) is 11.0. The zero-order valence-corrected chi connectivity index (χ0v) is 19.4. The lowest BCUT2D eigenvalue weighted by atomic mass is 10.0. The highest BCUT2D eigenvalue weighted by Crippen LogP contribution is 2.26. The third-order valence-corrected chi connectivity index (χ3v) is 5.46. The molecule has 4 rings (SSSR count). The predicted molar refractivity (Wildman–Crippen MR) is 135 cm³/mol. The van der Waals surface area contributed by atoms with Crippen LogP contribution in [0.1, 0.15) is 11.1 Å². The fraction of sp³-hybridized carbons (Fsp3) is 0.185. The minimum absolute atomic E-state index is 0.276. The van der Waals surface area contributed by atoms with Gasteiger partial charge < -0.3 is 19.4 Å². The Morgan fingerprint density at radius 1 is 1.06 bits per heavy atom. The van der Waals surface area contributed by atoms with E-state index in [-0.39, 0.29) is 5.91 Å². The van der Waals surface area contributed by atoms with E-state index in [2.05, 4.69) is 5.32 Å². The quantitative estimate of drug-likeness (QED) is 0.315. The van der Waals surface area contributed by atoms with Crippen LogP contribution in [0.15, 0.2) is 82.0 Å². The highest BCUT2D eigenvalue weighted by atomic mass is 16.5. The van der Waals surface area contributed by atoms with Gasteiger partial charge in [-0.15, -0.1) is 0 Å². The molecule has 0 radical (unpaired) electrons. The molecule has 0 bridgehead atoms. The number of methoxy groups -OCH3 is 1. The average molecular weight is 458 g/mol. The molecule has 0 aliphatic carbocycles. The molecule has 1 N–H and O–H groups in total. The maximum atomic E-state index is 13.4. The van der Waals surface area contributed by atoms with Gasteiger partial charge in [0.15, 0.2) is 5.58 Å². The minimum atomic E-state index is -0.415. The van der Waals surface area contributed by atoms with Crippen LogP contribution >= 0.6 is 0 Å². The van der Waals surface area contributed by atoms with Gasteiger partial charge in [-0.1, -0.05) is 48.5 Å². The second-order valence-electron chi connectivity index (χ2n) is 8.13. The molecule has 0 spiro atoms. The Bertz CT molecular complexity index is 1380. The molecule has 7 heteroatoms. The molecule has 7 nitrogen and oxygen atoms in total. The Balaban J connectivity index is 1.70. The monoisotopic (exact) mass is 457 g/mol. The van der Waals surface area contributed by atoms with Gasteiger partial charge in [-0.3, -0.25) is 9.36 Å². The van der Waals surface area contributed by atoms with Crippen molar-refractivity contribution in [2.75, 3.05) is 33.1 Å². The summed E-state index contributed by atoms with van der Waals surface area (Å²) >= 11 is 0. The number of ether oxygens (including phenoxy) is 1. The van der Waals surface area contributed by atoms with E-state index < -0.39 is 5.76 Å². The summed E-state index contributed by atoms with van der Waals surface area (Å²) in [5, 5.41) is 2.98. The fourth-order valence-electron chi connectivity index (χ4n) is 3.69. The second kappa shape index (κ2) is 10.2. The van der Waals surface area contributed by atoms with E-state index >= 15 is 0 Å². The number of benzene rings is 3. The Morgan fingerprint density at radius 3 is 2.53 bits per heavy atom. The van der Waals surface area contributed by atoms with Crippen LogP contribution in [0.4, 0.5) is 5.69 Å². The van der Waals surface area contributed by atoms with Gasteiger partial charge in [0.05, 0.1) is 12.6 Å². The summed E-state index contributed by atoms with van der Waals surface area (Å²) in [5.74, 6) is -0.0167. The van der Waals surface area contributed by atoms with Crippen LogP contribution in [0.3, 0.4) is 0 Å². The lowest BCUT2D eigenvalue weighted by molar-refractivity contribution is -0.111. The van der Waals surface area contributed by atoms with E-state index in [9.17, 15) is 9.59 Å². The van der Waals surface area contributed by atoms with Crippen molar-refractivity contribution in [3.8, 4) is 5.75 Å². The van der Waals surface area contributed by atoms with Gasteiger partial charge in [-0.25, -0.2) is 4.79 Å². The van der Waals surface area contributed by atoms with E-state index in [1.807, 2.05) is 79.7 Å². The number of carbonyl (C=O) groups is 1. The maximum Gasteiger partial charge on any atom is 0.419 e. The Morgan fingerprint density at radius 2 is 1.79 bits per heavy atom. The summed E-state index contributed by atoms with van der Waals surface area (Å²) in [5.41, 5.74) is 3.75. The Hall–Kier alpha value is -4.10. The van der Waals surface area contributed by atoms with Crippen molar-refractivity contribution in [1.29, 1.82) is 0 Å². The SMILES string of the molecule is COc1ccccc1/C=C(/C(=O)Nc1ccc2oc(=O)n(CCN(C)C)c2c1)c1ccccc1. The molecule has 0 saturated heterocycles. The molecule has 34 heavy (non-hydrogen) atoms. The summed E-state index contributed by atoms with van der Waals surface area (Å²) in [6.07, 6.45) is 1.81. The number of nitrogens with one attached hydrogen (secondary N) is 1. The first kappa shape index (κ1) is 23.1. The van der Waals surface area contributed by atoms with Crippen molar-refractivity contribution >= 4 is 34.3 Å². The number of oxazole rings is 1. The average Bonchev–Trinajstić information content (AvgIpc) is 3.16. The van der Waals surface area contributed by atoms with Gasteiger partial charge in [0.1, 0.15) is 5.75 Å². The third kappa shape index (κ3) is 5.10. The number of rotatable bonds is 8. The van der Waals surface area contributed by atoms with Crippen LogP contribution in [0.5, 0.6) is 5.75 Å². The van der Waals surface area contributed by atoms with E-state index in [0.29, 0.717) is 41.2 Å². The van der Waals surface area contributed by atoms with Crippen molar-refractivity contribution in [2.24, 2.45) is 0 Å². The first-order valence-electron chi connectivity index (χ1n) is 11.0. The van der Waals surface area contributed by atoms with Crippen LogP contribution in [0, 0.1) is 0 Å². The van der Waals surface area contributed by atoms with Crippen LogP contribution in [-0.2, 0) is 11.3 Å². The normalized spacial score (nSPS) is 11.7. The van der Waals surface area contributed by atoms with E-state index in [4.69, 9.17) is 9.15 Å². The maximum absolute atomic E-state index is 13.4. The number of carbonyl (C=O) groups excluding carboxylic acids is 1. The van der Waals surface area contributed by atoms with E-state index in [0.717, 1.165) is 11.1 Å². The molecule has 0 aliphatic rings. The summed E-state index contributed by atoms with van der Waals surface area (Å²) < 4.78 is 12.4. The summed E-state index contributed by atoms with van der Waals surface area (Å²) in [6, 6.07) is 22.2. The third-order valence-electron chi connectivity index (χ3n) is 5.46. The Labute approximate surface area is 197 Å². The molecule has 1 heterocycles. The van der Waals surface area contributed by atoms with E-state index in [1.165, 1.54) is 0 Å². The summed E-state index contributed by atoms with van der Waals surface area (Å²) in [6.45, 7) is 1.17. The van der Waals surface area contributed by atoms with Gasteiger partial charge >= 0.3 is 5.76 Å². The van der Waals surface area contributed by atoms with Crippen LogP contribution in [0.2, 0.25) is 0 Å². The molecule has 0 atom stereocenters. The molecular formula is C27H27N3O4. The number of likely N-dealkylation sites (N-methyl/N-ethyl adjacent to an activating group) is 1. The number of para-hydroxylation sites is 1.